The van der Waals surface area contributed by atoms with Crippen molar-refractivity contribution in [1.29, 1.82) is 0 Å². The molecule has 0 aliphatic carbocycles. The molecule has 0 N–H and O–H groups in total. The Balaban J connectivity index is 1.04. The molecule has 0 saturated heterocycles. The zero-order valence-corrected chi connectivity index (χ0v) is 29.7. The highest BCUT2D eigenvalue weighted by Gasteiger charge is 2.17. The molecule has 0 bridgehead atoms. The number of aromatic nitrogens is 3. The molecule has 252 valence electrons. The maximum Gasteiger partial charge on any atom is 0.160 e. The van der Waals surface area contributed by atoms with E-state index in [9.17, 15) is 0 Å². The van der Waals surface area contributed by atoms with E-state index >= 15 is 0 Å². The van der Waals surface area contributed by atoms with Crippen LogP contribution in [0.3, 0.4) is 0 Å². The molecule has 0 aliphatic rings. The Hall–Kier alpha value is -6.95. The summed E-state index contributed by atoms with van der Waals surface area (Å²) in [6.45, 7) is 0. The molecule has 4 heterocycles. The molecule has 11 rings (SSSR count). The van der Waals surface area contributed by atoms with Gasteiger partial charge in [0.25, 0.3) is 0 Å². The Bertz CT molecular complexity index is 3220. The van der Waals surface area contributed by atoms with Crippen molar-refractivity contribution in [3.05, 3.63) is 176 Å². The fraction of sp³-hybridized carbons (Fsp3) is 0. The summed E-state index contributed by atoms with van der Waals surface area (Å²) in [7, 11) is 0. The molecular weight excluding hydrogens is 679 g/mol. The predicted molar refractivity (Wildman–Crippen MR) is 225 cm³/mol. The van der Waals surface area contributed by atoms with Crippen LogP contribution in [-0.2, 0) is 0 Å². The van der Waals surface area contributed by atoms with Gasteiger partial charge in [-0.2, -0.15) is 0 Å². The normalized spacial score (nSPS) is 11.7. The van der Waals surface area contributed by atoms with E-state index in [2.05, 4.69) is 146 Å². The first-order valence-corrected chi connectivity index (χ1v) is 18.8. The lowest BCUT2D eigenvalue weighted by atomic mass is 9.99. The molecule has 0 unspecified atom stereocenters. The van der Waals surface area contributed by atoms with Crippen molar-refractivity contribution in [2.24, 2.45) is 0 Å². The summed E-state index contributed by atoms with van der Waals surface area (Å²) >= 11 is 1.81. The standard InChI is InChI=1S/C49H29N3OS/c1-2-12-31(13-3-1)41-29-42(32-26-24-30(25-27-32)35-20-11-21-38-36-16-6-8-22-43(36)53-47(35)38)51-49(50-41)34-15-10-14-33(28-34)45-37-17-4-5-18-39(37)48-46(52-45)40-19-7-9-23-44(40)54-48/h1-29H. The summed E-state index contributed by atoms with van der Waals surface area (Å²) in [4.78, 5) is 15.7. The SMILES string of the molecule is c1ccc(-c2cc(-c3ccc(-c4cccc5c4oc4ccccc45)cc3)nc(-c3cccc(-c4nc5c6ccccc6sc5c5ccccc45)c3)n2)cc1. The second kappa shape index (κ2) is 12.3. The Morgan fingerprint density at radius 2 is 1.02 bits per heavy atom. The smallest absolute Gasteiger partial charge is 0.160 e. The zero-order chi connectivity index (χ0) is 35.6. The van der Waals surface area contributed by atoms with Gasteiger partial charge in [0.05, 0.1) is 27.3 Å². The Morgan fingerprint density at radius 1 is 0.407 bits per heavy atom. The molecule has 11 aromatic rings. The highest BCUT2D eigenvalue weighted by atomic mass is 32.1. The molecule has 54 heavy (non-hydrogen) atoms. The lowest BCUT2D eigenvalue weighted by Crippen LogP contribution is -1.96. The Morgan fingerprint density at radius 3 is 1.85 bits per heavy atom. The van der Waals surface area contributed by atoms with Crippen LogP contribution in [0.5, 0.6) is 0 Å². The van der Waals surface area contributed by atoms with Crippen LogP contribution in [0, 0.1) is 0 Å². The van der Waals surface area contributed by atoms with Gasteiger partial charge < -0.3 is 4.42 Å². The molecule has 0 amide bonds. The quantitative estimate of drug-likeness (QED) is 0.179. The molecule has 5 heteroatoms. The van der Waals surface area contributed by atoms with Crippen molar-refractivity contribution in [2.75, 3.05) is 0 Å². The minimum atomic E-state index is 0.663. The van der Waals surface area contributed by atoms with Crippen LogP contribution in [0.2, 0.25) is 0 Å². The van der Waals surface area contributed by atoms with Crippen molar-refractivity contribution in [3.8, 4) is 56.3 Å². The van der Waals surface area contributed by atoms with Crippen molar-refractivity contribution >= 4 is 64.4 Å². The van der Waals surface area contributed by atoms with Crippen LogP contribution < -0.4 is 0 Å². The molecule has 7 aromatic carbocycles. The van der Waals surface area contributed by atoms with Gasteiger partial charge in [0.15, 0.2) is 5.82 Å². The lowest BCUT2D eigenvalue weighted by Gasteiger charge is -2.12. The molecular formula is C49H29N3OS. The maximum absolute atomic E-state index is 6.36. The van der Waals surface area contributed by atoms with Crippen LogP contribution >= 0.6 is 11.3 Å². The van der Waals surface area contributed by atoms with Crippen molar-refractivity contribution in [3.63, 3.8) is 0 Å². The highest BCUT2D eigenvalue weighted by molar-refractivity contribution is 7.26. The molecule has 0 aliphatic heterocycles. The van der Waals surface area contributed by atoms with E-state index in [-0.39, 0.29) is 0 Å². The number of furan rings is 1. The Kier molecular flexibility index (Phi) is 7.00. The van der Waals surface area contributed by atoms with Gasteiger partial charge in [-0.15, -0.1) is 11.3 Å². The highest BCUT2D eigenvalue weighted by Crippen LogP contribution is 2.41. The van der Waals surface area contributed by atoms with E-state index < -0.39 is 0 Å². The lowest BCUT2D eigenvalue weighted by molar-refractivity contribution is 0.670. The third-order valence-electron chi connectivity index (χ3n) is 10.3. The van der Waals surface area contributed by atoms with Crippen LogP contribution in [-0.4, -0.2) is 15.0 Å². The topological polar surface area (TPSA) is 51.8 Å². The summed E-state index contributed by atoms with van der Waals surface area (Å²) in [5.41, 5.74) is 11.7. The van der Waals surface area contributed by atoms with Gasteiger partial charge in [0, 0.05) is 59.4 Å². The van der Waals surface area contributed by atoms with Gasteiger partial charge in [0.2, 0.25) is 0 Å². The number of nitrogens with zero attached hydrogens (tertiary/aromatic N) is 3. The largest absolute Gasteiger partial charge is 0.455 e. The van der Waals surface area contributed by atoms with Crippen LogP contribution in [0.25, 0.3) is 109 Å². The number of pyridine rings is 1. The van der Waals surface area contributed by atoms with Gasteiger partial charge >= 0.3 is 0 Å². The zero-order valence-electron chi connectivity index (χ0n) is 28.9. The van der Waals surface area contributed by atoms with Crippen LogP contribution in [0.15, 0.2) is 180 Å². The summed E-state index contributed by atoms with van der Waals surface area (Å²) < 4.78 is 8.82. The summed E-state index contributed by atoms with van der Waals surface area (Å²) in [6.07, 6.45) is 0. The van der Waals surface area contributed by atoms with E-state index in [1.165, 1.54) is 20.2 Å². The number of para-hydroxylation sites is 2. The van der Waals surface area contributed by atoms with Crippen molar-refractivity contribution < 1.29 is 4.42 Å². The molecule has 0 atom stereocenters. The third-order valence-corrected chi connectivity index (χ3v) is 11.5. The number of hydrogen-bond donors (Lipinski definition) is 0. The van der Waals surface area contributed by atoms with Gasteiger partial charge in [-0.3, -0.25) is 0 Å². The number of rotatable bonds is 5. The number of fused-ring (bicyclic) bond motifs is 8. The monoisotopic (exact) mass is 707 g/mol. The fourth-order valence-electron chi connectivity index (χ4n) is 7.69. The first kappa shape index (κ1) is 30.7. The van der Waals surface area contributed by atoms with Gasteiger partial charge in [-0.05, 0) is 29.8 Å². The van der Waals surface area contributed by atoms with Gasteiger partial charge in [0.1, 0.15) is 11.2 Å². The first-order chi connectivity index (χ1) is 26.7. The summed E-state index contributed by atoms with van der Waals surface area (Å²) in [5, 5.41) is 5.78. The second-order valence-corrected chi connectivity index (χ2v) is 14.6. The van der Waals surface area contributed by atoms with Crippen LogP contribution in [0.1, 0.15) is 0 Å². The molecule has 4 aromatic heterocycles. The van der Waals surface area contributed by atoms with E-state index in [4.69, 9.17) is 19.4 Å². The number of hydrogen-bond acceptors (Lipinski definition) is 5. The summed E-state index contributed by atoms with van der Waals surface area (Å²) in [5.74, 6) is 0.663. The fourth-order valence-corrected chi connectivity index (χ4v) is 8.87. The van der Waals surface area contributed by atoms with E-state index in [0.717, 1.165) is 83.3 Å². The first-order valence-electron chi connectivity index (χ1n) is 18.0. The third kappa shape index (κ3) is 5.01. The molecule has 4 nitrogen and oxygen atoms in total. The van der Waals surface area contributed by atoms with Crippen molar-refractivity contribution in [2.45, 2.75) is 0 Å². The second-order valence-electron chi connectivity index (χ2n) is 13.5. The average Bonchev–Trinajstić information content (AvgIpc) is 3.83. The maximum atomic E-state index is 6.36. The molecule has 0 saturated carbocycles. The molecule has 0 radical (unpaired) electrons. The number of thiophene rings is 1. The van der Waals surface area contributed by atoms with E-state index in [1.54, 1.807) is 0 Å². The van der Waals surface area contributed by atoms with Gasteiger partial charge in [-0.1, -0.05) is 152 Å². The van der Waals surface area contributed by atoms with Crippen LogP contribution in [0.4, 0.5) is 0 Å². The Labute approximate surface area is 314 Å². The predicted octanol–water partition coefficient (Wildman–Crippen LogP) is 13.6. The molecule has 0 spiro atoms. The van der Waals surface area contributed by atoms with E-state index in [0.29, 0.717) is 5.82 Å². The number of benzene rings is 7. The summed E-state index contributed by atoms with van der Waals surface area (Å²) in [6, 6.07) is 61.2. The molecule has 0 fully saturated rings. The van der Waals surface area contributed by atoms with E-state index in [1.807, 2.05) is 41.7 Å². The minimum absolute atomic E-state index is 0.663. The van der Waals surface area contributed by atoms with Gasteiger partial charge in [-0.25, -0.2) is 15.0 Å². The minimum Gasteiger partial charge on any atom is -0.455 e. The van der Waals surface area contributed by atoms with Crippen molar-refractivity contribution in [1.82, 2.24) is 15.0 Å². The average molecular weight is 708 g/mol.